The van der Waals surface area contributed by atoms with E-state index in [-0.39, 0.29) is 6.29 Å². The van der Waals surface area contributed by atoms with Crippen LogP contribution < -0.4 is 4.74 Å². The first-order valence-electron chi connectivity index (χ1n) is 4.28. The van der Waals surface area contributed by atoms with Gasteiger partial charge in [-0.15, -0.1) is 0 Å². The van der Waals surface area contributed by atoms with E-state index in [9.17, 15) is 0 Å². The number of rotatable bonds is 2. The van der Waals surface area contributed by atoms with Gasteiger partial charge in [0.05, 0.1) is 20.3 Å². The van der Waals surface area contributed by atoms with Crippen molar-refractivity contribution in [2.75, 3.05) is 20.3 Å². The van der Waals surface area contributed by atoms with Crippen molar-refractivity contribution in [2.24, 2.45) is 0 Å². The van der Waals surface area contributed by atoms with Crippen molar-refractivity contribution in [1.29, 1.82) is 0 Å². The molecule has 1 fully saturated rings. The number of ether oxygens (including phenoxy) is 3. The lowest BCUT2D eigenvalue weighted by Crippen LogP contribution is -2.00. The molecule has 0 amide bonds. The minimum absolute atomic E-state index is 0.254. The van der Waals surface area contributed by atoms with Gasteiger partial charge in [0.15, 0.2) is 6.29 Å². The lowest BCUT2D eigenvalue weighted by Gasteiger charge is -2.12. The van der Waals surface area contributed by atoms with Gasteiger partial charge in [0, 0.05) is 5.56 Å². The Bertz CT molecular complexity index is 279. The standard InChI is InChI=1S/C10H12O3/c1-11-9-5-3-2-4-8(9)10-12-6-7-13-10/h2-5,10H,6-7H2,1H3. The minimum Gasteiger partial charge on any atom is -0.496 e. The predicted octanol–water partition coefficient (Wildman–Crippen LogP) is 1.74. The Morgan fingerprint density at radius 2 is 1.92 bits per heavy atom. The van der Waals surface area contributed by atoms with Crippen molar-refractivity contribution >= 4 is 0 Å². The van der Waals surface area contributed by atoms with Crippen LogP contribution in [0.4, 0.5) is 0 Å². The van der Waals surface area contributed by atoms with E-state index in [1.165, 1.54) is 0 Å². The average Bonchev–Trinajstić information content (AvgIpc) is 2.70. The Morgan fingerprint density at radius 3 is 2.62 bits per heavy atom. The second-order valence-corrected chi connectivity index (χ2v) is 2.82. The van der Waals surface area contributed by atoms with Gasteiger partial charge in [-0.3, -0.25) is 0 Å². The second kappa shape index (κ2) is 3.77. The molecule has 0 N–H and O–H groups in total. The second-order valence-electron chi connectivity index (χ2n) is 2.82. The van der Waals surface area contributed by atoms with Crippen molar-refractivity contribution < 1.29 is 14.2 Å². The van der Waals surface area contributed by atoms with Crippen LogP contribution in [0.5, 0.6) is 5.75 Å². The van der Waals surface area contributed by atoms with Gasteiger partial charge in [0.25, 0.3) is 0 Å². The Hall–Kier alpha value is -1.06. The Balaban J connectivity index is 2.26. The SMILES string of the molecule is COc1ccccc1C1OCCO1. The first-order chi connectivity index (χ1) is 6.42. The zero-order valence-electron chi connectivity index (χ0n) is 7.53. The molecule has 1 aliphatic heterocycles. The van der Waals surface area contributed by atoms with Crippen LogP contribution in [-0.4, -0.2) is 20.3 Å². The summed E-state index contributed by atoms with van der Waals surface area (Å²) in [5.41, 5.74) is 0.961. The first kappa shape index (κ1) is 8.53. The molecule has 0 spiro atoms. The third-order valence-corrected chi connectivity index (χ3v) is 2.01. The summed E-state index contributed by atoms with van der Waals surface area (Å²) in [4.78, 5) is 0. The predicted molar refractivity (Wildman–Crippen MR) is 47.6 cm³/mol. The molecule has 2 rings (SSSR count). The highest BCUT2D eigenvalue weighted by atomic mass is 16.7. The van der Waals surface area contributed by atoms with Crippen LogP contribution in [0.1, 0.15) is 11.9 Å². The van der Waals surface area contributed by atoms with Crippen LogP contribution in [-0.2, 0) is 9.47 Å². The molecule has 0 aliphatic carbocycles. The summed E-state index contributed by atoms with van der Waals surface area (Å²) in [6, 6.07) is 7.73. The van der Waals surface area contributed by atoms with E-state index in [0.29, 0.717) is 13.2 Å². The third-order valence-electron chi connectivity index (χ3n) is 2.01. The fourth-order valence-electron chi connectivity index (χ4n) is 1.40. The maximum atomic E-state index is 5.38. The van der Waals surface area contributed by atoms with Gasteiger partial charge in [-0.1, -0.05) is 18.2 Å². The maximum Gasteiger partial charge on any atom is 0.187 e. The van der Waals surface area contributed by atoms with Crippen LogP contribution in [0.2, 0.25) is 0 Å². The van der Waals surface area contributed by atoms with Crippen molar-refractivity contribution in [3.8, 4) is 5.75 Å². The monoisotopic (exact) mass is 180 g/mol. The molecule has 70 valence electrons. The number of benzene rings is 1. The molecule has 0 saturated carbocycles. The Morgan fingerprint density at radius 1 is 1.23 bits per heavy atom. The van der Waals surface area contributed by atoms with Gasteiger partial charge in [-0.2, -0.15) is 0 Å². The highest BCUT2D eigenvalue weighted by Crippen LogP contribution is 2.30. The summed E-state index contributed by atoms with van der Waals surface area (Å²) in [5.74, 6) is 0.814. The zero-order valence-corrected chi connectivity index (χ0v) is 7.53. The summed E-state index contributed by atoms with van der Waals surface area (Å²) in [7, 11) is 1.65. The molecule has 3 heteroatoms. The van der Waals surface area contributed by atoms with Crippen molar-refractivity contribution in [3.63, 3.8) is 0 Å². The van der Waals surface area contributed by atoms with Gasteiger partial charge in [-0.05, 0) is 6.07 Å². The first-order valence-corrected chi connectivity index (χ1v) is 4.28. The molecular formula is C10H12O3. The van der Waals surface area contributed by atoms with Crippen LogP contribution in [0, 0.1) is 0 Å². The van der Waals surface area contributed by atoms with Crippen LogP contribution in [0.3, 0.4) is 0 Å². The van der Waals surface area contributed by atoms with Crippen molar-refractivity contribution in [1.82, 2.24) is 0 Å². The number of methoxy groups -OCH3 is 1. The van der Waals surface area contributed by atoms with E-state index in [2.05, 4.69) is 0 Å². The lowest BCUT2D eigenvalue weighted by molar-refractivity contribution is -0.0454. The Labute approximate surface area is 77.2 Å². The normalized spacial score (nSPS) is 17.6. The summed E-state index contributed by atoms with van der Waals surface area (Å²) in [5, 5.41) is 0. The van der Waals surface area contributed by atoms with Crippen LogP contribution in [0.15, 0.2) is 24.3 Å². The molecular weight excluding hydrogens is 168 g/mol. The van der Waals surface area contributed by atoms with Gasteiger partial charge >= 0.3 is 0 Å². The molecule has 0 unspecified atom stereocenters. The molecule has 13 heavy (non-hydrogen) atoms. The van der Waals surface area contributed by atoms with Crippen molar-refractivity contribution in [3.05, 3.63) is 29.8 Å². The largest absolute Gasteiger partial charge is 0.496 e. The quantitative estimate of drug-likeness (QED) is 0.693. The van der Waals surface area contributed by atoms with E-state index < -0.39 is 0 Å². The van der Waals surface area contributed by atoms with Gasteiger partial charge < -0.3 is 14.2 Å². The summed E-state index contributed by atoms with van der Waals surface area (Å²) in [6.45, 7) is 1.31. The highest BCUT2D eigenvalue weighted by Gasteiger charge is 2.21. The molecule has 0 bridgehead atoms. The molecule has 0 atom stereocenters. The smallest absolute Gasteiger partial charge is 0.187 e. The topological polar surface area (TPSA) is 27.7 Å². The third kappa shape index (κ3) is 1.66. The summed E-state index contributed by atoms with van der Waals surface area (Å²) >= 11 is 0. The van der Waals surface area contributed by atoms with Gasteiger partial charge in [0.1, 0.15) is 5.75 Å². The lowest BCUT2D eigenvalue weighted by atomic mass is 10.2. The zero-order chi connectivity index (χ0) is 9.10. The highest BCUT2D eigenvalue weighted by molar-refractivity contribution is 5.34. The van der Waals surface area contributed by atoms with Crippen LogP contribution in [0.25, 0.3) is 0 Å². The van der Waals surface area contributed by atoms with E-state index in [1.807, 2.05) is 24.3 Å². The number of para-hydroxylation sites is 1. The van der Waals surface area contributed by atoms with E-state index in [1.54, 1.807) is 7.11 Å². The molecule has 1 heterocycles. The molecule has 3 nitrogen and oxygen atoms in total. The minimum atomic E-state index is -0.254. The summed E-state index contributed by atoms with van der Waals surface area (Å²) < 4.78 is 16.0. The molecule has 0 aromatic heterocycles. The van der Waals surface area contributed by atoms with Gasteiger partial charge in [0.2, 0.25) is 0 Å². The van der Waals surface area contributed by atoms with E-state index >= 15 is 0 Å². The average molecular weight is 180 g/mol. The number of hydrogen-bond acceptors (Lipinski definition) is 3. The molecule has 0 radical (unpaired) electrons. The van der Waals surface area contributed by atoms with Crippen LogP contribution >= 0.6 is 0 Å². The fraction of sp³-hybridized carbons (Fsp3) is 0.400. The summed E-state index contributed by atoms with van der Waals surface area (Å²) in [6.07, 6.45) is -0.254. The van der Waals surface area contributed by atoms with Gasteiger partial charge in [-0.25, -0.2) is 0 Å². The van der Waals surface area contributed by atoms with Crippen molar-refractivity contribution in [2.45, 2.75) is 6.29 Å². The molecule has 1 aromatic rings. The maximum absolute atomic E-state index is 5.38. The van der Waals surface area contributed by atoms with E-state index in [0.717, 1.165) is 11.3 Å². The molecule has 1 saturated heterocycles. The number of hydrogen-bond donors (Lipinski definition) is 0. The molecule has 1 aromatic carbocycles. The fourth-order valence-corrected chi connectivity index (χ4v) is 1.40. The van der Waals surface area contributed by atoms with E-state index in [4.69, 9.17) is 14.2 Å². The molecule has 1 aliphatic rings. The Kier molecular flexibility index (Phi) is 2.47.